The predicted molar refractivity (Wildman–Crippen MR) is 66.1 cm³/mol. The smallest absolute Gasteiger partial charge is 0.127 e. The molecule has 1 nitrogen and oxygen atoms in total. The van der Waals surface area contributed by atoms with E-state index in [1.807, 2.05) is 13.8 Å². The third-order valence-corrected chi connectivity index (χ3v) is 2.74. The normalized spacial score (nSPS) is 11.8. The molecule has 0 saturated heterocycles. The molecular weight excluding hydrogens is 228 g/mol. The lowest BCUT2D eigenvalue weighted by Gasteiger charge is -2.26. The van der Waals surface area contributed by atoms with E-state index in [2.05, 4.69) is 17.9 Å². The van der Waals surface area contributed by atoms with E-state index in [0.29, 0.717) is 12.1 Å². The molecule has 0 aliphatic rings. The number of benzene rings is 1. The Kier molecular flexibility index (Phi) is 4.74. The molecule has 0 amide bonds. The van der Waals surface area contributed by atoms with Crippen molar-refractivity contribution in [1.82, 2.24) is 5.32 Å². The second kappa shape index (κ2) is 5.64. The Morgan fingerprint density at radius 1 is 1.31 bits per heavy atom. The molecule has 1 rings (SSSR count). The molecular formula is C12H17F2NS. The van der Waals surface area contributed by atoms with Gasteiger partial charge in [-0.25, -0.2) is 8.78 Å². The molecule has 0 aliphatic carbocycles. The Morgan fingerprint density at radius 3 is 2.62 bits per heavy atom. The molecule has 1 N–H and O–H groups in total. The highest BCUT2D eigenvalue weighted by Crippen LogP contribution is 2.25. The van der Waals surface area contributed by atoms with E-state index in [-0.39, 0.29) is 5.82 Å². The first-order valence-corrected chi connectivity index (χ1v) is 5.88. The standard InChI is InChI=1S/C12H17F2NS/c1-12(2,8-15-5-6-16)10-7-9(13)3-4-11(10)14/h3-4,7,15-16H,5-6,8H2,1-2H3. The fraction of sp³-hybridized carbons (Fsp3) is 0.500. The van der Waals surface area contributed by atoms with Gasteiger partial charge < -0.3 is 5.32 Å². The molecule has 4 heteroatoms. The molecule has 0 unspecified atom stereocenters. The highest BCUT2D eigenvalue weighted by Gasteiger charge is 2.24. The van der Waals surface area contributed by atoms with Crippen molar-refractivity contribution in [3.63, 3.8) is 0 Å². The maximum Gasteiger partial charge on any atom is 0.127 e. The summed E-state index contributed by atoms with van der Waals surface area (Å²) in [7, 11) is 0. The van der Waals surface area contributed by atoms with Gasteiger partial charge in [0.2, 0.25) is 0 Å². The van der Waals surface area contributed by atoms with Gasteiger partial charge in [0.25, 0.3) is 0 Å². The van der Waals surface area contributed by atoms with E-state index in [4.69, 9.17) is 0 Å². The zero-order valence-corrected chi connectivity index (χ0v) is 10.5. The van der Waals surface area contributed by atoms with Crippen molar-refractivity contribution in [2.45, 2.75) is 19.3 Å². The molecule has 0 atom stereocenters. The number of rotatable bonds is 5. The number of hydrogen-bond donors (Lipinski definition) is 2. The van der Waals surface area contributed by atoms with Crippen molar-refractivity contribution in [2.24, 2.45) is 0 Å². The molecule has 0 radical (unpaired) electrons. The quantitative estimate of drug-likeness (QED) is 0.600. The highest BCUT2D eigenvalue weighted by molar-refractivity contribution is 7.80. The van der Waals surface area contributed by atoms with Gasteiger partial charge in [-0.1, -0.05) is 13.8 Å². The van der Waals surface area contributed by atoms with Crippen molar-refractivity contribution < 1.29 is 8.78 Å². The van der Waals surface area contributed by atoms with E-state index >= 15 is 0 Å². The van der Waals surface area contributed by atoms with E-state index in [9.17, 15) is 8.78 Å². The van der Waals surface area contributed by atoms with Crippen molar-refractivity contribution in [3.8, 4) is 0 Å². The number of hydrogen-bond acceptors (Lipinski definition) is 2. The maximum absolute atomic E-state index is 13.6. The lowest BCUT2D eigenvalue weighted by Crippen LogP contribution is -2.34. The van der Waals surface area contributed by atoms with Crippen LogP contribution in [0, 0.1) is 11.6 Å². The number of thiol groups is 1. The SMILES string of the molecule is CC(C)(CNCCS)c1cc(F)ccc1F. The number of halogens is 2. The second-order valence-corrected chi connectivity index (χ2v) is 4.86. The molecule has 1 aromatic carbocycles. The van der Waals surface area contributed by atoms with Gasteiger partial charge in [0, 0.05) is 24.3 Å². The van der Waals surface area contributed by atoms with Gasteiger partial charge in [-0.15, -0.1) is 0 Å². The molecule has 0 spiro atoms. The van der Waals surface area contributed by atoms with Crippen molar-refractivity contribution >= 4 is 12.6 Å². The van der Waals surface area contributed by atoms with Gasteiger partial charge in [-0.05, 0) is 23.8 Å². The zero-order chi connectivity index (χ0) is 12.2. The van der Waals surface area contributed by atoms with Crippen LogP contribution >= 0.6 is 12.6 Å². The summed E-state index contributed by atoms with van der Waals surface area (Å²) in [5.41, 5.74) is -0.0334. The predicted octanol–water partition coefficient (Wildman–Crippen LogP) is 2.76. The molecule has 0 aliphatic heterocycles. The topological polar surface area (TPSA) is 12.0 Å². The van der Waals surface area contributed by atoms with Crippen LogP contribution in [0.25, 0.3) is 0 Å². The van der Waals surface area contributed by atoms with E-state index in [1.54, 1.807) is 0 Å². The summed E-state index contributed by atoms with van der Waals surface area (Å²) < 4.78 is 26.6. The van der Waals surface area contributed by atoms with Gasteiger partial charge >= 0.3 is 0 Å². The van der Waals surface area contributed by atoms with Gasteiger partial charge in [0.15, 0.2) is 0 Å². The van der Waals surface area contributed by atoms with Crippen LogP contribution in [0.1, 0.15) is 19.4 Å². The van der Waals surface area contributed by atoms with Gasteiger partial charge in [0.1, 0.15) is 11.6 Å². The van der Waals surface area contributed by atoms with Crippen LogP contribution in [-0.4, -0.2) is 18.8 Å². The van der Waals surface area contributed by atoms with Crippen LogP contribution in [0.3, 0.4) is 0 Å². The third-order valence-electron chi connectivity index (χ3n) is 2.51. The Balaban J connectivity index is 2.83. The summed E-state index contributed by atoms with van der Waals surface area (Å²) >= 11 is 4.08. The molecule has 1 aromatic rings. The summed E-state index contributed by atoms with van der Waals surface area (Å²) in [5, 5.41) is 3.15. The van der Waals surface area contributed by atoms with Crippen LogP contribution in [0.4, 0.5) is 8.78 Å². The average molecular weight is 245 g/mol. The summed E-state index contributed by atoms with van der Waals surface area (Å²) in [6.45, 7) is 5.12. The van der Waals surface area contributed by atoms with Crippen LogP contribution in [0.2, 0.25) is 0 Å². The molecule has 0 saturated carbocycles. The summed E-state index contributed by atoms with van der Waals surface area (Å²) in [6, 6.07) is 3.57. The van der Waals surface area contributed by atoms with Gasteiger partial charge in [-0.2, -0.15) is 12.6 Å². The zero-order valence-electron chi connectivity index (χ0n) is 9.56. The number of nitrogens with one attached hydrogen (secondary N) is 1. The van der Waals surface area contributed by atoms with Crippen molar-refractivity contribution in [3.05, 3.63) is 35.4 Å². The van der Waals surface area contributed by atoms with E-state index in [0.717, 1.165) is 18.4 Å². The lowest BCUT2D eigenvalue weighted by atomic mass is 9.84. The van der Waals surface area contributed by atoms with Crippen molar-refractivity contribution in [2.75, 3.05) is 18.8 Å². The van der Waals surface area contributed by atoms with Crippen molar-refractivity contribution in [1.29, 1.82) is 0 Å². The molecule has 0 bridgehead atoms. The first kappa shape index (κ1) is 13.5. The summed E-state index contributed by atoms with van der Waals surface area (Å²) in [5.74, 6) is -0.0421. The lowest BCUT2D eigenvalue weighted by molar-refractivity contribution is 0.447. The third kappa shape index (κ3) is 3.46. The van der Waals surface area contributed by atoms with Crippen LogP contribution < -0.4 is 5.32 Å². The minimum absolute atomic E-state index is 0.362. The maximum atomic E-state index is 13.6. The monoisotopic (exact) mass is 245 g/mol. The van der Waals surface area contributed by atoms with E-state index in [1.165, 1.54) is 12.1 Å². The first-order chi connectivity index (χ1) is 7.47. The molecule has 90 valence electrons. The van der Waals surface area contributed by atoms with Crippen LogP contribution in [-0.2, 0) is 5.41 Å². The second-order valence-electron chi connectivity index (χ2n) is 4.41. The largest absolute Gasteiger partial charge is 0.315 e. The van der Waals surface area contributed by atoms with Gasteiger partial charge in [-0.3, -0.25) is 0 Å². The Morgan fingerprint density at radius 2 is 2.00 bits per heavy atom. The molecule has 0 fully saturated rings. The van der Waals surface area contributed by atoms with Gasteiger partial charge in [0.05, 0.1) is 0 Å². The Bertz CT molecular complexity index is 353. The van der Waals surface area contributed by atoms with E-state index < -0.39 is 11.2 Å². The fourth-order valence-electron chi connectivity index (χ4n) is 1.59. The average Bonchev–Trinajstić information content (AvgIpc) is 2.22. The first-order valence-electron chi connectivity index (χ1n) is 5.24. The molecule has 0 aromatic heterocycles. The highest BCUT2D eigenvalue weighted by atomic mass is 32.1. The summed E-state index contributed by atoms with van der Waals surface area (Å²) in [6.07, 6.45) is 0. The van der Waals surface area contributed by atoms with Crippen LogP contribution in [0.15, 0.2) is 18.2 Å². The minimum atomic E-state index is -0.435. The Hall–Kier alpha value is -0.610. The molecule has 0 heterocycles. The summed E-state index contributed by atoms with van der Waals surface area (Å²) in [4.78, 5) is 0. The molecule has 16 heavy (non-hydrogen) atoms. The Labute approximate surface area is 101 Å². The minimum Gasteiger partial charge on any atom is -0.315 e. The van der Waals surface area contributed by atoms with Crippen LogP contribution in [0.5, 0.6) is 0 Å². The fourth-order valence-corrected chi connectivity index (χ4v) is 1.75.